The first-order valence-corrected chi connectivity index (χ1v) is 9.65. The van der Waals surface area contributed by atoms with Gasteiger partial charge >= 0.3 is 5.69 Å². The minimum atomic E-state index is -0.435. The number of H-pyrrole nitrogens is 2. The molecule has 1 atom stereocenters. The van der Waals surface area contributed by atoms with Gasteiger partial charge < -0.3 is 4.98 Å². The lowest BCUT2D eigenvalue weighted by atomic mass is 9.72. The van der Waals surface area contributed by atoms with Gasteiger partial charge in [0.05, 0.1) is 0 Å². The maximum atomic E-state index is 12.5. The zero-order chi connectivity index (χ0) is 18.6. The van der Waals surface area contributed by atoms with Crippen LogP contribution in [0.4, 0.5) is 0 Å². The highest BCUT2D eigenvalue weighted by Crippen LogP contribution is 2.40. The molecule has 0 aliphatic heterocycles. The van der Waals surface area contributed by atoms with Crippen molar-refractivity contribution in [2.24, 2.45) is 11.8 Å². The molecule has 6 nitrogen and oxygen atoms in total. The molecule has 1 saturated carbocycles. The zero-order valence-electron chi connectivity index (χ0n) is 15.2. The molecule has 27 heavy (non-hydrogen) atoms. The second-order valence-corrected chi connectivity index (χ2v) is 7.47. The molecule has 2 N–H and O–H groups in total. The summed E-state index contributed by atoms with van der Waals surface area (Å²) in [4.78, 5) is 38.1. The number of nitrogens with zero attached hydrogens (tertiary/aromatic N) is 2. The molecule has 1 unspecified atom stereocenters. The summed E-state index contributed by atoms with van der Waals surface area (Å²) in [5.41, 5.74) is 0.595. The molecule has 2 aliphatic carbocycles. The fourth-order valence-corrected chi connectivity index (χ4v) is 4.42. The molecule has 2 aromatic rings. The molecule has 6 heteroatoms. The van der Waals surface area contributed by atoms with Crippen molar-refractivity contribution in [1.29, 1.82) is 0 Å². The Kier molecular flexibility index (Phi) is 5.14. The van der Waals surface area contributed by atoms with Gasteiger partial charge in [0.25, 0.3) is 5.56 Å². The molecule has 2 heterocycles. The number of hydrogen-bond acceptors (Lipinski definition) is 4. The Morgan fingerprint density at radius 1 is 1.00 bits per heavy atom. The van der Waals surface area contributed by atoms with Crippen LogP contribution in [0.5, 0.6) is 0 Å². The minimum Gasteiger partial charge on any atom is -0.311 e. The molecule has 0 radical (unpaired) electrons. The number of rotatable bonds is 4. The van der Waals surface area contributed by atoms with E-state index in [4.69, 9.17) is 0 Å². The van der Waals surface area contributed by atoms with Gasteiger partial charge in [-0.25, -0.2) is 14.8 Å². The third-order valence-electron chi connectivity index (χ3n) is 5.83. The minimum absolute atomic E-state index is 0.207. The highest BCUT2D eigenvalue weighted by Gasteiger charge is 2.29. The van der Waals surface area contributed by atoms with Gasteiger partial charge in [-0.3, -0.25) is 9.78 Å². The van der Waals surface area contributed by atoms with E-state index in [0.29, 0.717) is 29.6 Å². The Bertz CT molecular complexity index is 950. The molecule has 0 aromatic carbocycles. The molecular formula is C21H24N4O2. The summed E-state index contributed by atoms with van der Waals surface area (Å²) in [6.07, 6.45) is 17.8. The van der Waals surface area contributed by atoms with Crippen molar-refractivity contribution in [2.75, 3.05) is 0 Å². The molecular weight excluding hydrogens is 340 g/mol. The summed E-state index contributed by atoms with van der Waals surface area (Å²) in [7, 11) is 0. The first-order chi connectivity index (χ1) is 13.2. The Morgan fingerprint density at radius 2 is 1.78 bits per heavy atom. The van der Waals surface area contributed by atoms with E-state index in [1.807, 2.05) is 0 Å². The Labute approximate surface area is 157 Å². The lowest BCUT2D eigenvalue weighted by molar-refractivity contribution is 0.262. The first-order valence-electron chi connectivity index (χ1n) is 9.65. The normalized spacial score (nSPS) is 24.8. The second kappa shape index (κ2) is 7.86. The van der Waals surface area contributed by atoms with Crippen LogP contribution in [-0.4, -0.2) is 19.9 Å². The van der Waals surface area contributed by atoms with Crippen LogP contribution < -0.4 is 11.2 Å². The predicted octanol–water partition coefficient (Wildman–Crippen LogP) is 2.85. The standard InChI is InChI=1S/C21H24N4O2/c26-20-17(13-18-22-11-4-12-23-18)19(24-21(27)25-20)16-9-7-15(8-10-16)14-5-2-1-3-6-14/h1-5,11-12,14-16H,6-10,13H2,(H2,24,25,26,27). The van der Waals surface area contributed by atoms with Crippen LogP contribution in [0.2, 0.25) is 0 Å². The number of aromatic amines is 2. The number of allylic oxidation sites excluding steroid dienone is 4. The van der Waals surface area contributed by atoms with Crippen LogP contribution in [0, 0.1) is 11.8 Å². The average Bonchev–Trinajstić information content (AvgIpc) is 2.71. The molecule has 2 aliphatic rings. The van der Waals surface area contributed by atoms with Gasteiger partial charge in [0, 0.05) is 30.1 Å². The monoisotopic (exact) mass is 364 g/mol. The summed E-state index contributed by atoms with van der Waals surface area (Å²) in [5, 5.41) is 0. The van der Waals surface area contributed by atoms with E-state index in [0.717, 1.165) is 37.8 Å². The van der Waals surface area contributed by atoms with Crippen molar-refractivity contribution >= 4 is 0 Å². The van der Waals surface area contributed by atoms with Crippen LogP contribution in [0.15, 0.2) is 52.4 Å². The van der Waals surface area contributed by atoms with E-state index in [2.05, 4.69) is 44.2 Å². The second-order valence-electron chi connectivity index (χ2n) is 7.47. The predicted molar refractivity (Wildman–Crippen MR) is 104 cm³/mol. The molecule has 2 aromatic heterocycles. The van der Waals surface area contributed by atoms with Crippen LogP contribution in [0.1, 0.15) is 55.1 Å². The lowest BCUT2D eigenvalue weighted by Crippen LogP contribution is -2.31. The van der Waals surface area contributed by atoms with Crippen molar-refractivity contribution in [3.8, 4) is 0 Å². The van der Waals surface area contributed by atoms with Gasteiger partial charge in [-0.05, 0) is 55.9 Å². The van der Waals surface area contributed by atoms with Crippen molar-refractivity contribution < 1.29 is 0 Å². The number of hydrogen-bond donors (Lipinski definition) is 2. The molecule has 0 bridgehead atoms. The van der Waals surface area contributed by atoms with E-state index < -0.39 is 5.69 Å². The molecule has 0 spiro atoms. The fraction of sp³-hybridized carbons (Fsp3) is 0.429. The van der Waals surface area contributed by atoms with Crippen LogP contribution in [0.3, 0.4) is 0 Å². The molecule has 1 fully saturated rings. The topological polar surface area (TPSA) is 91.5 Å². The molecule has 0 saturated heterocycles. The highest BCUT2D eigenvalue weighted by atomic mass is 16.2. The van der Waals surface area contributed by atoms with Crippen LogP contribution in [-0.2, 0) is 6.42 Å². The fourth-order valence-electron chi connectivity index (χ4n) is 4.42. The number of aromatic nitrogens is 4. The maximum absolute atomic E-state index is 12.5. The van der Waals surface area contributed by atoms with Gasteiger partial charge in [0.2, 0.25) is 0 Å². The molecule has 0 amide bonds. The summed E-state index contributed by atoms with van der Waals surface area (Å²) in [5.74, 6) is 2.09. The SMILES string of the molecule is O=c1[nH]c(C2CCC(C3C=CC=CC3)CC2)c(Cc2ncccn2)c(=O)[nH]1. The largest absolute Gasteiger partial charge is 0.325 e. The van der Waals surface area contributed by atoms with Crippen LogP contribution in [0.25, 0.3) is 0 Å². The quantitative estimate of drug-likeness (QED) is 0.873. The van der Waals surface area contributed by atoms with E-state index in [9.17, 15) is 9.59 Å². The van der Waals surface area contributed by atoms with Gasteiger partial charge in [-0.1, -0.05) is 24.3 Å². The Balaban J connectivity index is 1.55. The van der Waals surface area contributed by atoms with Gasteiger partial charge in [0.1, 0.15) is 5.82 Å². The number of nitrogens with one attached hydrogen (secondary N) is 2. The summed E-state index contributed by atoms with van der Waals surface area (Å²) >= 11 is 0. The summed E-state index contributed by atoms with van der Waals surface area (Å²) in [6.45, 7) is 0. The van der Waals surface area contributed by atoms with E-state index in [1.165, 1.54) is 0 Å². The van der Waals surface area contributed by atoms with Crippen molar-refractivity contribution in [3.05, 3.63) is 80.7 Å². The van der Waals surface area contributed by atoms with Crippen molar-refractivity contribution in [2.45, 2.75) is 44.4 Å². The first kappa shape index (κ1) is 17.6. The van der Waals surface area contributed by atoms with Crippen molar-refractivity contribution in [3.63, 3.8) is 0 Å². The van der Waals surface area contributed by atoms with E-state index in [1.54, 1.807) is 18.5 Å². The van der Waals surface area contributed by atoms with Gasteiger partial charge in [-0.2, -0.15) is 0 Å². The summed E-state index contributed by atoms with van der Waals surface area (Å²) < 4.78 is 0. The van der Waals surface area contributed by atoms with E-state index in [-0.39, 0.29) is 11.5 Å². The van der Waals surface area contributed by atoms with Gasteiger partial charge in [0.15, 0.2) is 0 Å². The molecule has 4 rings (SSSR count). The Morgan fingerprint density at radius 3 is 2.48 bits per heavy atom. The maximum Gasteiger partial charge on any atom is 0.325 e. The third-order valence-corrected chi connectivity index (χ3v) is 5.83. The third kappa shape index (κ3) is 3.99. The molecule has 140 valence electrons. The zero-order valence-corrected chi connectivity index (χ0v) is 15.2. The van der Waals surface area contributed by atoms with Crippen molar-refractivity contribution in [1.82, 2.24) is 19.9 Å². The highest BCUT2D eigenvalue weighted by molar-refractivity contribution is 5.24. The average molecular weight is 364 g/mol. The van der Waals surface area contributed by atoms with Gasteiger partial charge in [-0.15, -0.1) is 0 Å². The van der Waals surface area contributed by atoms with E-state index >= 15 is 0 Å². The summed E-state index contributed by atoms with van der Waals surface area (Å²) in [6, 6.07) is 1.75. The lowest BCUT2D eigenvalue weighted by Gasteiger charge is -2.33. The van der Waals surface area contributed by atoms with Crippen LogP contribution >= 0.6 is 0 Å². The smallest absolute Gasteiger partial charge is 0.311 e. The Hall–Kier alpha value is -2.76.